The van der Waals surface area contributed by atoms with Crippen LogP contribution in [-0.4, -0.2) is 22.4 Å². The Morgan fingerprint density at radius 1 is 1.30 bits per heavy atom. The summed E-state index contributed by atoms with van der Waals surface area (Å²) in [6.07, 6.45) is 2.07. The van der Waals surface area contributed by atoms with Crippen molar-refractivity contribution in [2.75, 3.05) is 12.2 Å². The van der Waals surface area contributed by atoms with Gasteiger partial charge in [0.1, 0.15) is 11.5 Å². The van der Waals surface area contributed by atoms with Crippen LogP contribution in [0.3, 0.4) is 0 Å². The van der Waals surface area contributed by atoms with Crippen LogP contribution in [0.15, 0.2) is 56.2 Å². The van der Waals surface area contributed by atoms with Crippen LogP contribution in [0.2, 0.25) is 0 Å². The molecule has 0 atom stereocenters. The first kappa shape index (κ1) is 23.0. The molecule has 170 valence electrons. The fourth-order valence-corrected chi connectivity index (χ4v) is 3.25. The minimum Gasteiger partial charge on any atom is -0.480 e. The highest BCUT2D eigenvalue weighted by atomic mass is 19.1. The summed E-state index contributed by atoms with van der Waals surface area (Å²) in [7, 11) is 0. The van der Waals surface area contributed by atoms with Crippen LogP contribution < -0.4 is 21.3 Å². The first-order valence-corrected chi connectivity index (χ1v) is 9.66. The Labute approximate surface area is 186 Å². The van der Waals surface area contributed by atoms with Gasteiger partial charge in [-0.3, -0.25) is 5.41 Å². The maximum absolute atomic E-state index is 14.0. The van der Waals surface area contributed by atoms with Gasteiger partial charge in [-0.05, 0) is 36.4 Å². The Bertz CT molecular complexity index is 1160. The summed E-state index contributed by atoms with van der Waals surface area (Å²) >= 11 is 0. The van der Waals surface area contributed by atoms with E-state index < -0.39 is 6.73 Å². The quantitative estimate of drug-likeness (QED) is 0.0838. The van der Waals surface area contributed by atoms with E-state index >= 15 is 0 Å². The van der Waals surface area contributed by atoms with E-state index in [1.54, 1.807) is 18.2 Å². The molecular weight excluding hydrogens is 433 g/mol. The van der Waals surface area contributed by atoms with Crippen molar-refractivity contribution >= 4 is 17.3 Å². The summed E-state index contributed by atoms with van der Waals surface area (Å²) in [6.45, 7) is -0.144. The maximum atomic E-state index is 14.0. The van der Waals surface area contributed by atoms with Gasteiger partial charge in [0.05, 0.1) is 0 Å². The summed E-state index contributed by atoms with van der Waals surface area (Å²) in [4.78, 5) is 11.0. The molecule has 0 saturated heterocycles. The summed E-state index contributed by atoms with van der Waals surface area (Å²) < 4.78 is 19.3. The number of rotatable bonds is 11. The van der Waals surface area contributed by atoms with Crippen molar-refractivity contribution in [2.45, 2.75) is 25.8 Å². The highest BCUT2D eigenvalue weighted by Crippen LogP contribution is 2.34. The van der Waals surface area contributed by atoms with Crippen LogP contribution in [0.5, 0.6) is 5.75 Å². The lowest BCUT2D eigenvalue weighted by Crippen LogP contribution is -2.18. The highest BCUT2D eigenvalue weighted by molar-refractivity contribution is 6.09. The molecule has 0 amide bonds. The molecule has 0 aliphatic heterocycles. The molecule has 1 aromatic carbocycles. The van der Waals surface area contributed by atoms with Crippen LogP contribution >= 0.6 is 0 Å². The Balaban J connectivity index is 1.93. The van der Waals surface area contributed by atoms with E-state index in [1.807, 2.05) is 0 Å². The van der Waals surface area contributed by atoms with Crippen LogP contribution in [0.4, 0.5) is 16.0 Å². The molecule has 2 aromatic rings. The average Bonchev–Trinajstić information content (AvgIpc) is 3.28. The number of nitrogens with one attached hydrogen (secondary N) is 4. The minimum absolute atomic E-state index is 0.00614. The van der Waals surface area contributed by atoms with Crippen LogP contribution in [0.25, 0.3) is 10.4 Å². The van der Waals surface area contributed by atoms with Gasteiger partial charge in [-0.15, -0.1) is 5.11 Å². The molecule has 1 aromatic heterocycles. The molecule has 15 heteroatoms. The van der Waals surface area contributed by atoms with Gasteiger partial charge in [0.25, 0.3) is 0 Å². The third-order valence-corrected chi connectivity index (χ3v) is 4.69. The second-order valence-electron chi connectivity index (χ2n) is 6.62. The molecule has 3 rings (SSSR count). The second-order valence-corrected chi connectivity index (χ2v) is 6.62. The van der Waals surface area contributed by atoms with Gasteiger partial charge < -0.3 is 15.9 Å². The second kappa shape index (κ2) is 11.1. The Morgan fingerprint density at radius 2 is 2.12 bits per heavy atom. The van der Waals surface area contributed by atoms with Gasteiger partial charge in [-0.1, -0.05) is 33.8 Å². The third-order valence-electron chi connectivity index (χ3n) is 4.69. The smallest absolute Gasteiger partial charge is 0.224 e. The van der Waals surface area contributed by atoms with Gasteiger partial charge in [0, 0.05) is 22.7 Å². The predicted octanol–water partition coefficient (Wildman–Crippen LogP) is 4.17. The number of nitrogens with zero attached hydrogens (tertiary/aromatic N) is 8. The predicted molar refractivity (Wildman–Crippen MR) is 115 cm³/mol. The molecule has 0 unspecified atom stereocenters. The van der Waals surface area contributed by atoms with Crippen molar-refractivity contribution in [3.05, 3.63) is 63.2 Å². The summed E-state index contributed by atoms with van der Waals surface area (Å²) in [6, 6.07) is 6.46. The van der Waals surface area contributed by atoms with Crippen molar-refractivity contribution in [1.29, 1.82) is 10.9 Å². The number of allylic oxidation sites excluding steroid dienone is 2. The van der Waals surface area contributed by atoms with Gasteiger partial charge in [-0.25, -0.2) is 19.8 Å². The molecule has 14 nitrogen and oxygen atoms in total. The zero-order valence-corrected chi connectivity index (χ0v) is 17.3. The van der Waals surface area contributed by atoms with Gasteiger partial charge in [0.15, 0.2) is 18.4 Å². The normalized spacial score (nSPS) is 13.0. The zero-order valence-electron chi connectivity index (χ0n) is 17.3. The van der Waals surface area contributed by atoms with Gasteiger partial charge in [0.2, 0.25) is 11.6 Å². The number of halogens is 1. The Morgan fingerprint density at radius 3 is 2.85 bits per heavy atom. The highest BCUT2D eigenvalue weighted by Gasteiger charge is 2.24. The van der Waals surface area contributed by atoms with E-state index in [9.17, 15) is 4.39 Å². The third kappa shape index (κ3) is 5.54. The standard InChI is InChI=1S/C18H20FN13O/c19-12-6-2-1-4-10(12)8-24-13-7-3-5-11(13)14(20)16-26-17(28-31-22)15(33-9-25-30-21)18(27-16)29-32-23/h1-2,4,6,20,24H,3,5,7-9H2,(H4,22,23,26,27,28,29). The summed E-state index contributed by atoms with van der Waals surface area (Å²) in [5.41, 5.74) is 19.8. The van der Waals surface area contributed by atoms with E-state index in [0.717, 1.165) is 12.1 Å². The van der Waals surface area contributed by atoms with E-state index in [0.29, 0.717) is 24.0 Å². The molecule has 6 N–H and O–H groups in total. The SMILES string of the molecule is [N-]=[N+]=NCOc1c(N=NN)nc(C(=N)C2=C(NCc3ccccc3F)CCC2)nc1NN=N. The summed E-state index contributed by atoms with van der Waals surface area (Å²) in [5.74, 6) is 4.46. The zero-order chi connectivity index (χ0) is 23.6. The minimum atomic E-state index is -0.411. The molecule has 1 aliphatic carbocycles. The Kier molecular flexibility index (Phi) is 7.75. The number of nitrogens with two attached hydrogens (primary N) is 1. The molecule has 0 radical (unpaired) electrons. The summed E-state index contributed by atoms with van der Waals surface area (Å²) in [5, 5.41) is 25.1. The van der Waals surface area contributed by atoms with E-state index in [4.69, 9.17) is 27.1 Å². The number of hydrogen-bond donors (Lipinski definition) is 5. The largest absolute Gasteiger partial charge is 0.480 e. The van der Waals surface area contributed by atoms with Crippen molar-refractivity contribution in [3.63, 3.8) is 0 Å². The lowest BCUT2D eigenvalue weighted by Gasteiger charge is -2.14. The van der Waals surface area contributed by atoms with Crippen LogP contribution in [0.1, 0.15) is 30.7 Å². The number of ether oxygens (including phenoxy) is 1. The number of benzene rings is 1. The molecule has 0 saturated carbocycles. The average molecular weight is 453 g/mol. The fourth-order valence-electron chi connectivity index (χ4n) is 3.25. The van der Waals surface area contributed by atoms with E-state index in [-0.39, 0.29) is 41.3 Å². The molecule has 0 spiro atoms. The van der Waals surface area contributed by atoms with Crippen molar-refractivity contribution < 1.29 is 9.13 Å². The first-order valence-electron chi connectivity index (χ1n) is 9.66. The van der Waals surface area contributed by atoms with Crippen molar-refractivity contribution in [3.8, 4) is 5.75 Å². The molecule has 0 bridgehead atoms. The van der Waals surface area contributed by atoms with Crippen molar-refractivity contribution in [2.24, 2.45) is 26.5 Å². The number of aromatic nitrogens is 2. The van der Waals surface area contributed by atoms with Gasteiger partial charge >= 0.3 is 0 Å². The number of anilines is 1. The van der Waals surface area contributed by atoms with Gasteiger partial charge in [-0.2, -0.15) is 5.53 Å². The van der Waals surface area contributed by atoms with E-state index in [1.165, 1.54) is 6.07 Å². The number of hydrogen-bond acceptors (Lipinski definition) is 10. The van der Waals surface area contributed by atoms with E-state index in [2.05, 4.69) is 46.3 Å². The lowest BCUT2D eigenvalue weighted by atomic mass is 10.1. The van der Waals surface area contributed by atoms with Crippen LogP contribution in [-0.2, 0) is 6.54 Å². The fraction of sp³-hybridized carbons (Fsp3) is 0.278. The molecule has 0 fully saturated rings. The monoisotopic (exact) mass is 453 g/mol. The topological polar surface area (TPSA) is 219 Å². The first-order chi connectivity index (χ1) is 16.1. The molecular formula is C18H20FN13O. The van der Waals surface area contributed by atoms with Crippen molar-refractivity contribution in [1.82, 2.24) is 15.3 Å². The molecule has 1 aliphatic rings. The van der Waals surface area contributed by atoms with Crippen LogP contribution in [0, 0.1) is 16.8 Å². The molecule has 33 heavy (non-hydrogen) atoms. The maximum Gasteiger partial charge on any atom is 0.224 e. The molecule has 1 heterocycles. The lowest BCUT2D eigenvalue weighted by molar-refractivity contribution is 0.329. The number of azide groups is 1. The Hall–Kier alpha value is -4.65.